The highest BCUT2D eigenvalue weighted by molar-refractivity contribution is 5.77. The van der Waals surface area contributed by atoms with E-state index >= 15 is 0 Å². The summed E-state index contributed by atoms with van der Waals surface area (Å²) < 4.78 is 0. The van der Waals surface area contributed by atoms with Gasteiger partial charge < -0.3 is 15.7 Å². The predicted molar refractivity (Wildman–Crippen MR) is 73.0 cm³/mol. The molecule has 0 aromatic carbocycles. The quantitative estimate of drug-likeness (QED) is 0.543. The van der Waals surface area contributed by atoms with Gasteiger partial charge in [-0.2, -0.15) is 0 Å². The Bertz CT molecular complexity index is 276. The summed E-state index contributed by atoms with van der Waals surface area (Å²) in [4.78, 5) is 24.2. The molecule has 19 heavy (non-hydrogen) atoms. The third-order valence-electron chi connectivity index (χ3n) is 3.19. The second-order valence-electron chi connectivity index (χ2n) is 4.93. The van der Waals surface area contributed by atoms with Crippen molar-refractivity contribution in [3.05, 3.63) is 0 Å². The average molecular weight is 271 g/mol. The molecule has 6 nitrogen and oxygen atoms in total. The van der Waals surface area contributed by atoms with E-state index in [1.54, 1.807) is 0 Å². The molecule has 3 N–H and O–H groups in total. The van der Waals surface area contributed by atoms with E-state index in [2.05, 4.69) is 15.5 Å². The van der Waals surface area contributed by atoms with E-state index in [4.69, 9.17) is 5.11 Å². The monoisotopic (exact) mass is 271 g/mol. The minimum absolute atomic E-state index is 0.0696. The molecule has 1 amide bonds. The number of nitrogens with one attached hydrogen (secondary N) is 2. The first-order valence-corrected chi connectivity index (χ1v) is 7.10. The third-order valence-corrected chi connectivity index (χ3v) is 3.19. The van der Waals surface area contributed by atoms with Gasteiger partial charge in [0.25, 0.3) is 0 Å². The molecule has 0 bridgehead atoms. The molecule has 0 saturated carbocycles. The highest BCUT2D eigenvalue weighted by atomic mass is 16.4. The standard InChI is InChI=1S/C13H25N3O3/c17-12(11-16-9-4-6-14-8-10-16)15-7-3-1-2-5-13(18)19/h14H,1-11H2,(H,15,17)(H,18,19). The summed E-state index contributed by atoms with van der Waals surface area (Å²) in [6.07, 6.45) is 3.68. The summed E-state index contributed by atoms with van der Waals surface area (Å²) in [7, 11) is 0. The van der Waals surface area contributed by atoms with Gasteiger partial charge in [0.2, 0.25) is 5.91 Å². The highest BCUT2D eigenvalue weighted by Gasteiger charge is 2.11. The summed E-state index contributed by atoms with van der Waals surface area (Å²) in [6.45, 7) is 4.98. The predicted octanol–water partition coefficient (Wildman–Crippen LogP) is 0.0429. The van der Waals surface area contributed by atoms with Crippen LogP contribution in [-0.4, -0.2) is 61.2 Å². The van der Waals surface area contributed by atoms with Gasteiger partial charge in [0.05, 0.1) is 6.54 Å². The van der Waals surface area contributed by atoms with Crippen LogP contribution < -0.4 is 10.6 Å². The minimum atomic E-state index is -0.751. The molecule has 1 saturated heterocycles. The molecule has 0 aliphatic carbocycles. The number of carbonyl (C=O) groups is 2. The van der Waals surface area contributed by atoms with Crippen LogP contribution >= 0.6 is 0 Å². The molecule has 0 radical (unpaired) electrons. The van der Waals surface area contributed by atoms with Crippen LogP contribution in [0, 0.1) is 0 Å². The molecule has 0 aromatic heterocycles. The van der Waals surface area contributed by atoms with E-state index in [0.29, 0.717) is 19.5 Å². The van der Waals surface area contributed by atoms with Gasteiger partial charge in [-0.3, -0.25) is 14.5 Å². The largest absolute Gasteiger partial charge is 0.481 e. The minimum Gasteiger partial charge on any atom is -0.481 e. The molecule has 6 heteroatoms. The SMILES string of the molecule is O=C(O)CCCCCNC(=O)CN1CCCNCC1. The van der Waals surface area contributed by atoms with E-state index in [1.807, 2.05) is 0 Å². The lowest BCUT2D eigenvalue weighted by Gasteiger charge is -2.18. The van der Waals surface area contributed by atoms with Crippen molar-refractivity contribution in [1.82, 2.24) is 15.5 Å². The van der Waals surface area contributed by atoms with Gasteiger partial charge in [0.15, 0.2) is 0 Å². The van der Waals surface area contributed by atoms with Crippen LogP contribution in [0.1, 0.15) is 32.1 Å². The topological polar surface area (TPSA) is 81.7 Å². The second-order valence-corrected chi connectivity index (χ2v) is 4.93. The number of aliphatic carboxylic acids is 1. The fourth-order valence-electron chi connectivity index (χ4n) is 2.12. The maximum atomic E-state index is 11.7. The smallest absolute Gasteiger partial charge is 0.303 e. The molecular weight excluding hydrogens is 246 g/mol. The normalized spacial score (nSPS) is 16.8. The Labute approximate surface area is 114 Å². The second kappa shape index (κ2) is 9.75. The van der Waals surface area contributed by atoms with Crippen LogP contribution in [0.15, 0.2) is 0 Å². The maximum absolute atomic E-state index is 11.7. The molecule has 0 unspecified atom stereocenters. The number of amides is 1. The molecule has 1 heterocycles. The van der Waals surface area contributed by atoms with Gasteiger partial charge >= 0.3 is 5.97 Å². The van der Waals surface area contributed by atoms with Crippen LogP contribution in [0.3, 0.4) is 0 Å². The van der Waals surface area contributed by atoms with E-state index in [9.17, 15) is 9.59 Å². The van der Waals surface area contributed by atoms with Gasteiger partial charge in [-0.05, 0) is 32.4 Å². The molecule has 1 aliphatic rings. The fraction of sp³-hybridized carbons (Fsp3) is 0.846. The summed E-state index contributed by atoms with van der Waals surface area (Å²) in [5.41, 5.74) is 0. The summed E-state index contributed by atoms with van der Waals surface area (Å²) in [5.74, 6) is -0.682. The number of rotatable bonds is 8. The fourth-order valence-corrected chi connectivity index (χ4v) is 2.12. The molecule has 1 fully saturated rings. The zero-order chi connectivity index (χ0) is 13.9. The van der Waals surface area contributed by atoms with Gasteiger partial charge in [0.1, 0.15) is 0 Å². The van der Waals surface area contributed by atoms with Crippen molar-refractivity contribution in [3.8, 4) is 0 Å². The number of hydrogen-bond acceptors (Lipinski definition) is 4. The third kappa shape index (κ3) is 8.56. The first-order valence-electron chi connectivity index (χ1n) is 7.10. The summed E-state index contributed by atoms with van der Waals surface area (Å²) in [6, 6.07) is 0. The molecule has 0 spiro atoms. The Hall–Kier alpha value is -1.14. The van der Waals surface area contributed by atoms with E-state index in [0.717, 1.165) is 45.4 Å². The summed E-state index contributed by atoms with van der Waals surface area (Å²) in [5, 5.41) is 14.7. The van der Waals surface area contributed by atoms with Gasteiger partial charge in [-0.1, -0.05) is 6.42 Å². The van der Waals surface area contributed by atoms with Crippen LogP contribution in [0.4, 0.5) is 0 Å². The Morgan fingerprint density at radius 2 is 2.00 bits per heavy atom. The van der Waals surface area contributed by atoms with E-state index < -0.39 is 5.97 Å². The van der Waals surface area contributed by atoms with Crippen molar-refractivity contribution in [3.63, 3.8) is 0 Å². The van der Waals surface area contributed by atoms with Crippen LogP contribution in [0.25, 0.3) is 0 Å². The van der Waals surface area contributed by atoms with Crippen LogP contribution in [0.5, 0.6) is 0 Å². The Morgan fingerprint density at radius 1 is 1.16 bits per heavy atom. The lowest BCUT2D eigenvalue weighted by Crippen LogP contribution is -2.39. The molecular formula is C13H25N3O3. The van der Waals surface area contributed by atoms with Gasteiger partial charge in [0, 0.05) is 26.1 Å². The first-order chi connectivity index (χ1) is 9.18. The van der Waals surface area contributed by atoms with Gasteiger partial charge in [-0.25, -0.2) is 0 Å². The zero-order valence-electron chi connectivity index (χ0n) is 11.5. The van der Waals surface area contributed by atoms with Gasteiger partial charge in [-0.15, -0.1) is 0 Å². The van der Waals surface area contributed by atoms with Crippen molar-refractivity contribution in [2.24, 2.45) is 0 Å². The average Bonchev–Trinajstić information content (AvgIpc) is 2.62. The Morgan fingerprint density at radius 3 is 2.79 bits per heavy atom. The van der Waals surface area contributed by atoms with Crippen molar-refractivity contribution in [2.45, 2.75) is 32.1 Å². The maximum Gasteiger partial charge on any atom is 0.303 e. The van der Waals surface area contributed by atoms with E-state index in [1.165, 1.54) is 0 Å². The first kappa shape index (κ1) is 15.9. The lowest BCUT2D eigenvalue weighted by molar-refractivity contribution is -0.137. The lowest BCUT2D eigenvalue weighted by atomic mass is 10.2. The van der Waals surface area contributed by atoms with Crippen molar-refractivity contribution >= 4 is 11.9 Å². The number of carboxylic acids is 1. The highest BCUT2D eigenvalue weighted by Crippen LogP contribution is 1.99. The molecule has 1 aliphatic heterocycles. The number of unbranched alkanes of at least 4 members (excludes halogenated alkanes) is 2. The number of hydrogen-bond donors (Lipinski definition) is 3. The van der Waals surface area contributed by atoms with Crippen molar-refractivity contribution in [2.75, 3.05) is 39.3 Å². The number of carbonyl (C=O) groups excluding carboxylic acids is 1. The Balaban J connectivity index is 1.99. The zero-order valence-corrected chi connectivity index (χ0v) is 11.5. The van der Waals surface area contributed by atoms with E-state index in [-0.39, 0.29) is 12.3 Å². The number of carboxylic acid groups (broad SMARTS) is 1. The van der Waals surface area contributed by atoms with Crippen LogP contribution in [0.2, 0.25) is 0 Å². The summed E-state index contributed by atoms with van der Waals surface area (Å²) >= 11 is 0. The molecule has 0 atom stereocenters. The van der Waals surface area contributed by atoms with Crippen LogP contribution in [-0.2, 0) is 9.59 Å². The van der Waals surface area contributed by atoms with Crippen molar-refractivity contribution < 1.29 is 14.7 Å². The molecule has 0 aromatic rings. The number of nitrogens with zero attached hydrogens (tertiary/aromatic N) is 1. The molecule has 110 valence electrons. The van der Waals surface area contributed by atoms with Crippen molar-refractivity contribution in [1.29, 1.82) is 0 Å². The Kier molecular flexibility index (Phi) is 8.16. The molecule has 1 rings (SSSR count).